The van der Waals surface area contributed by atoms with E-state index in [4.69, 9.17) is 6.42 Å². The predicted octanol–water partition coefficient (Wildman–Crippen LogP) is 4.06. The Hall–Kier alpha value is -3.76. The van der Waals surface area contributed by atoms with Gasteiger partial charge in [0.2, 0.25) is 0 Å². The standard InChI is InChI=1S/C23H19N3O/c1-3-13-26-16-20(21-11-7-8-12-22(21)26)14-19(15-24)23(27)25-17(2)18-9-5-4-6-10-18/h1,4-12,14,16-17H,13H2,2H3,(H,25,27)/b19-14-/t17-/m1/s1. The topological polar surface area (TPSA) is 57.8 Å². The van der Waals surface area contributed by atoms with Gasteiger partial charge in [-0.05, 0) is 24.6 Å². The predicted molar refractivity (Wildman–Crippen MR) is 107 cm³/mol. The third kappa shape index (κ3) is 3.92. The van der Waals surface area contributed by atoms with Crippen molar-refractivity contribution in [1.29, 1.82) is 5.26 Å². The van der Waals surface area contributed by atoms with Gasteiger partial charge >= 0.3 is 0 Å². The first kappa shape index (κ1) is 18.0. The number of nitrogens with one attached hydrogen (secondary N) is 1. The zero-order chi connectivity index (χ0) is 19.2. The number of nitrogens with zero attached hydrogens (tertiary/aromatic N) is 2. The summed E-state index contributed by atoms with van der Waals surface area (Å²) in [5, 5.41) is 13.3. The Balaban J connectivity index is 1.91. The largest absolute Gasteiger partial charge is 0.345 e. The molecule has 1 N–H and O–H groups in total. The maximum atomic E-state index is 12.6. The number of nitriles is 1. The molecule has 0 aliphatic heterocycles. The molecule has 0 fully saturated rings. The summed E-state index contributed by atoms with van der Waals surface area (Å²) in [7, 11) is 0. The number of fused-ring (bicyclic) bond motifs is 1. The second-order valence-electron chi connectivity index (χ2n) is 6.21. The van der Waals surface area contributed by atoms with Gasteiger partial charge in [-0.25, -0.2) is 0 Å². The zero-order valence-electron chi connectivity index (χ0n) is 15.0. The van der Waals surface area contributed by atoms with Crippen LogP contribution in [0.15, 0.2) is 66.4 Å². The maximum absolute atomic E-state index is 12.6. The molecule has 0 aliphatic rings. The highest BCUT2D eigenvalue weighted by Gasteiger charge is 2.15. The number of hydrogen-bond donors (Lipinski definition) is 1. The van der Waals surface area contributed by atoms with Crippen LogP contribution >= 0.6 is 0 Å². The summed E-state index contributed by atoms with van der Waals surface area (Å²) in [6.45, 7) is 2.31. The first-order chi connectivity index (χ1) is 13.1. The van der Waals surface area contributed by atoms with Crippen LogP contribution in [0.25, 0.3) is 17.0 Å². The lowest BCUT2D eigenvalue weighted by atomic mass is 10.1. The quantitative estimate of drug-likeness (QED) is 0.427. The molecule has 0 bridgehead atoms. The monoisotopic (exact) mass is 353 g/mol. The Morgan fingerprint density at radius 2 is 1.93 bits per heavy atom. The van der Waals surface area contributed by atoms with Crippen molar-refractivity contribution in [1.82, 2.24) is 9.88 Å². The molecule has 0 unspecified atom stereocenters. The average molecular weight is 353 g/mol. The molecular formula is C23H19N3O. The Labute approximate surface area is 158 Å². The van der Waals surface area contributed by atoms with Gasteiger partial charge in [-0.15, -0.1) is 6.42 Å². The number of rotatable bonds is 5. The third-order valence-corrected chi connectivity index (χ3v) is 4.39. The van der Waals surface area contributed by atoms with E-state index in [1.54, 1.807) is 6.08 Å². The van der Waals surface area contributed by atoms with Crippen LogP contribution in [0.4, 0.5) is 0 Å². The Morgan fingerprint density at radius 3 is 2.63 bits per heavy atom. The van der Waals surface area contributed by atoms with Crippen molar-refractivity contribution in [2.75, 3.05) is 0 Å². The summed E-state index contributed by atoms with van der Waals surface area (Å²) >= 11 is 0. The van der Waals surface area contributed by atoms with Gasteiger partial charge in [0.1, 0.15) is 11.6 Å². The van der Waals surface area contributed by atoms with Crippen LogP contribution in [-0.4, -0.2) is 10.5 Å². The van der Waals surface area contributed by atoms with Crippen molar-refractivity contribution in [2.45, 2.75) is 19.5 Å². The summed E-state index contributed by atoms with van der Waals surface area (Å²) < 4.78 is 1.93. The molecule has 0 saturated carbocycles. The van der Waals surface area contributed by atoms with Crippen LogP contribution in [0, 0.1) is 23.7 Å². The molecule has 0 aliphatic carbocycles. The van der Waals surface area contributed by atoms with Gasteiger partial charge in [-0.1, -0.05) is 54.5 Å². The second kappa shape index (κ2) is 8.08. The second-order valence-corrected chi connectivity index (χ2v) is 6.21. The number of terminal acetylenes is 1. The number of para-hydroxylation sites is 1. The molecule has 1 amide bonds. The van der Waals surface area contributed by atoms with Crippen LogP contribution in [-0.2, 0) is 11.3 Å². The molecular weight excluding hydrogens is 334 g/mol. The molecule has 1 heterocycles. The normalized spacial score (nSPS) is 12.2. The number of hydrogen-bond acceptors (Lipinski definition) is 2. The van der Waals surface area contributed by atoms with Gasteiger partial charge in [-0.2, -0.15) is 5.26 Å². The maximum Gasteiger partial charge on any atom is 0.262 e. The van der Waals surface area contributed by atoms with Crippen molar-refractivity contribution in [2.24, 2.45) is 0 Å². The lowest BCUT2D eigenvalue weighted by Crippen LogP contribution is -2.27. The van der Waals surface area contributed by atoms with E-state index in [1.807, 2.05) is 78.4 Å². The summed E-state index contributed by atoms with van der Waals surface area (Å²) in [6, 6.07) is 19.2. The zero-order valence-corrected chi connectivity index (χ0v) is 15.0. The van der Waals surface area contributed by atoms with E-state index < -0.39 is 5.91 Å². The fourth-order valence-corrected chi connectivity index (χ4v) is 3.02. The number of amides is 1. The summed E-state index contributed by atoms with van der Waals surface area (Å²) in [5.74, 6) is 2.22. The van der Waals surface area contributed by atoms with Gasteiger partial charge in [-0.3, -0.25) is 4.79 Å². The van der Waals surface area contributed by atoms with Crippen molar-refractivity contribution < 1.29 is 4.79 Å². The van der Waals surface area contributed by atoms with Crippen molar-refractivity contribution >= 4 is 22.9 Å². The number of carbonyl (C=O) groups excluding carboxylic acids is 1. The molecule has 132 valence electrons. The molecule has 2 aromatic carbocycles. The Bertz CT molecular complexity index is 1080. The van der Waals surface area contributed by atoms with E-state index in [0.29, 0.717) is 6.54 Å². The first-order valence-electron chi connectivity index (χ1n) is 8.63. The molecule has 4 heteroatoms. The van der Waals surface area contributed by atoms with E-state index in [-0.39, 0.29) is 11.6 Å². The van der Waals surface area contributed by atoms with Gasteiger partial charge in [0.15, 0.2) is 0 Å². The van der Waals surface area contributed by atoms with Crippen molar-refractivity contribution in [3.05, 3.63) is 77.5 Å². The molecule has 0 saturated heterocycles. The van der Waals surface area contributed by atoms with E-state index >= 15 is 0 Å². The van der Waals surface area contributed by atoms with Gasteiger partial charge in [0.25, 0.3) is 5.91 Å². The van der Waals surface area contributed by atoms with E-state index in [2.05, 4.69) is 11.2 Å². The minimum absolute atomic E-state index is 0.0568. The minimum Gasteiger partial charge on any atom is -0.345 e. The van der Waals surface area contributed by atoms with Gasteiger partial charge in [0, 0.05) is 22.7 Å². The molecule has 0 radical (unpaired) electrons. The summed E-state index contributed by atoms with van der Waals surface area (Å²) in [6.07, 6.45) is 8.93. The molecule has 3 rings (SSSR count). The van der Waals surface area contributed by atoms with E-state index in [9.17, 15) is 10.1 Å². The molecule has 4 nitrogen and oxygen atoms in total. The van der Waals surface area contributed by atoms with Crippen molar-refractivity contribution in [3.8, 4) is 18.4 Å². The van der Waals surface area contributed by atoms with Crippen LogP contribution in [0.5, 0.6) is 0 Å². The minimum atomic E-state index is -0.400. The first-order valence-corrected chi connectivity index (χ1v) is 8.63. The van der Waals surface area contributed by atoms with Crippen LogP contribution in [0.2, 0.25) is 0 Å². The number of benzene rings is 2. The molecule has 1 atom stereocenters. The molecule has 3 aromatic rings. The fraction of sp³-hybridized carbons (Fsp3) is 0.130. The van der Waals surface area contributed by atoms with E-state index in [1.165, 1.54) is 0 Å². The number of aromatic nitrogens is 1. The highest BCUT2D eigenvalue weighted by molar-refractivity contribution is 6.04. The van der Waals surface area contributed by atoms with Crippen molar-refractivity contribution in [3.63, 3.8) is 0 Å². The fourth-order valence-electron chi connectivity index (χ4n) is 3.02. The van der Waals surface area contributed by atoms with Gasteiger partial charge in [0.05, 0.1) is 12.6 Å². The smallest absolute Gasteiger partial charge is 0.262 e. The highest BCUT2D eigenvalue weighted by atomic mass is 16.1. The van der Waals surface area contributed by atoms with Crippen LogP contribution in [0.3, 0.4) is 0 Å². The highest BCUT2D eigenvalue weighted by Crippen LogP contribution is 2.24. The van der Waals surface area contributed by atoms with Crippen LogP contribution < -0.4 is 5.32 Å². The average Bonchev–Trinajstić information content (AvgIpc) is 3.04. The molecule has 1 aromatic heterocycles. The number of carbonyl (C=O) groups is 1. The Morgan fingerprint density at radius 1 is 1.22 bits per heavy atom. The van der Waals surface area contributed by atoms with Gasteiger partial charge < -0.3 is 9.88 Å². The molecule has 27 heavy (non-hydrogen) atoms. The molecule has 0 spiro atoms. The lowest BCUT2D eigenvalue weighted by molar-refractivity contribution is -0.117. The SMILES string of the molecule is C#CCn1cc(/C=C(/C#N)C(=O)N[C@H](C)c2ccccc2)c2ccccc21. The third-order valence-electron chi connectivity index (χ3n) is 4.39. The van der Waals surface area contributed by atoms with Crippen LogP contribution in [0.1, 0.15) is 24.1 Å². The summed E-state index contributed by atoms with van der Waals surface area (Å²) in [5.41, 5.74) is 2.80. The lowest BCUT2D eigenvalue weighted by Gasteiger charge is -2.13. The van der Waals surface area contributed by atoms with E-state index in [0.717, 1.165) is 22.0 Å². The Kier molecular flexibility index (Phi) is 5.40. The summed E-state index contributed by atoms with van der Waals surface area (Å²) in [4.78, 5) is 12.6.